The molecule has 21 heavy (non-hydrogen) atoms. The van der Waals surface area contributed by atoms with Crippen molar-refractivity contribution >= 4 is 10.2 Å². The SMILES string of the molecule is [SiH3]C1(C(c2ccccc2)C2CC3CCC2C3)CCCCO1. The Hall–Kier alpha value is -0.603. The van der Waals surface area contributed by atoms with Gasteiger partial charge in [-0.3, -0.25) is 0 Å². The molecule has 1 aliphatic heterocycles. The van der Waals surface area contributed by atoms with E-state index < -0.39 is 0 Å². The van der Waals surface area contributed by atoms with Gasteiger partial charge in [-0.05, 0) is 61.8 Å². The Labute approximate surface area is 131 Å². The molecular weight excluding hydrogens is 272 g/mol. The Kier molecular flexibility index (Phi) is 3.70. The predicted octanol–water partition coefficient (Wildman–Crippen LogP) is 3.47. The summed E-state index contributed by atoms with van der Waals surface area (Å²) in [5.41, 5.74) is 1.56. The molecule has 2 bridgehead atoms. The van der Waals surface area contributed by atoms with Crippen LogP contribution in [0.3, 0.4) is 0 Å². The van der Waals surface area contributed by atoms with Gasteiger partial charge in [0.2, 0.25) is 0 Å². The van der Waals surface area contributed by atoms with Crippen molar-refractivity contribution in [2.75, 3.05) is 6.61 Å². The van der Waals surface area contributed by atoms with Crippen molar-refractivity contribution in [2.45, 2.75) is 56.1 Å². The first-order valence-corrected chi connectivity index (χ1v) is 9.95. The minimum Gasteiger partial charge on any atom is -0.379 e. The highest BCUT2D eigenvalue weighted by Crippen LogP contribution is 2.56. The van der Waals surface area contributed by atoms with E-state index in [1.165, 1.54) is 55.2 Å². The lowest BCUT2D eigenvalue weighted by molar-refractivity contribution is -0.0530. The number of fused-ring (bicyclic) bond motifs is 2. The molecular formula is C19H28OSi. The molecule has 0 N–H and O–H groups in total. The first-order chi connectivity index (χ1) is 10.3. The van der Waals surface area contributed by atoms with Gasteiger partial charge in [-0.2, -0.15) is 0 Å². The van der Waals surface area contributed by atoms with Gasteiger partial charge in [-0.25, -0.2) is 0 Å². The maximum atomic E-state index is 6.46. The molecule has 0 amide bonds. The third-order valence-electron chi connectivity index (χ3n) is 6.54. The maximum absolute atomic E-state index is 6.46. The van der Waals surface area contributed by atoms with Crippen LogP contribution >= 0.6 is 0 Å². The largest absolute Gasteiger partial charge is 0.379 e. The third kappa shape index (κ3) is 2.51. The van der Waals surface area contributed by atoms with Crippen molar-refractivity contribution in [3.8, 4) is 0 Å². The fourth-order valence-corrected chi connectivity index (χ4v) is 6.94. The van der Waals surface area contributed by atoms with E-state index in [1.54, 1.807) is 5.56 Å². The Morgan fingerprint density at radius 3 is 2.57 bits per heavy atom. The zero-order valence-corrected chi connectivity index (χ0v) is 15.3. The van der Waals surface area contributed by atoms with Crippen LogP contribution in [0.25, 0.3) is 0 Å². The summed E-state index contributed by atoms with van der Waals surface area (Å²) in [6.07, 6.45) is 9.89. The van der Waals surface area contributed by atoms with Crippen LogP contribution in [0.2, 0.25) is 0 Å². The standard InChI is InChI=1S/C19H28OSi/c21-19(10-4-5-11-20-19)18(15-6-2-1-3-7-15)17-13-14-8-9-16(17)12-14/h1-3,6-7,14,16-18H,4-5,8-13H2,21H3. The summed E-state index contributed by atoms with van der Waals surface area (Å²) < 4.78 is 6.46. The summed E-state index contributed by atoms with van der Waals surface area (Å²) in [5.74, 6) is 3.57. The van der Waals surface area contributed by atoms with Crippen molar-refractivity contribution in [1.82, 2.24) is 0 Å². The lowest BCUT2D eigenvalue weighted by Gasteiger charge is -2.46. The van der Waals surface area contributed by atoms with E-state index >= 15 is 0 Å². The summed E-state index contributed by atoms with van der Waals surface area (Å²) in [6, 6.07) is 11.3. The number of hydrogen-bond donors (Lipinski definition) is 0. The maximum Gasteiger partial charge on any atom is 0.0555 e. The monoisotopic (exact) mass is 300 g/mol. The van der Waals surface area contributed by atoms with Gasteiger partial charge in [0, 0.05) is 22.8 Å². The zero-order chi connectivity index (χ0) is 14.3. The fraction of sp³-hybridized carbons (Fsp3) is 0.684. The molecule has 5 atom stereocenters. The Morgan fingerprint density at radius 1 is 1.10 bits per heavy atom. The molecule has 2 aliphatic carbocycles. The summed E-state index contributed by atoms with van der Waals surface area (Å²) in [6.45, 7) is 0.994. The third-order valence-corrected chi connectivity index (χ3v) is 7.95. The van der Waals surface area contributed by atoms with Gasteiger partial charge in [0.1, 0.15) is 0 Å². The normalized spacial score (nSPS) is 40.5. The summed E-state index contributed by atoms with van der Waals surface area (Å²) in [7, 11) is 1.17. The molecule has 114 valence electrons. The van der Waals surface area contributed by atoms with Gasteiger partial charge in [0.05, 0.1) is 5.22 Å². The Bertz CT molecular complexity index is 480. The molecule has 2 saturated carbocycles. The van der Waals surface area contributed by atoms with Crippen molar-refractivity contribution in [3.05, 3.63) is 35.9 Å². The van der Waals surface area contributed by atoms with Crippen LogP contribution in [0.1, 0.15) is 56.4 Å². The highest BCUT2D eigenvalue weighted by molar-refractivity contribution is 6.15. The fourth-order valence-electron chi connectivity index (χ4n) is 5.62. The van der Waals surface area contributed by atoms with E-state index in [1.807, 2.05) is 0 Å². The first kappa shape index (κ1) is 14.0. The molecule has 2 heteroatoms. The highest BCUT2D eigenvalue weighted by Gasteiger charge is 2.50. The van der Waals surface area contributed by atoms with Crippen LogP contribution in [-0.2, 0) is 4.74 Å². The van der Waals surface area contributed by atoms with Crippen LogP contribution < -0.4 is 0 Å². The van der Waals surface area contributed by atoms with Gasteiger partial charge in [0.25, 0.3) is 0 Å². The molecule has 1 nitrogen and oxygen atoms in total. The van der Waals surface area contributed by atoms with Crippen LogP contribution in [-0.4, -0.2) is 22.1 Å². The van der Waals surface area contributed by atoms with Gasteiger partial charge < -0.3 is 4.74 Å². The van der Waals surface area contributed by atoms with Crippen molar-refractivity contribution in [3.63, 3.8) is 0 Å². The molecule has 0 spiro atoms. The average molecular weight is 301 g/mol. The lowest BCUT2D eigenvalue weighted by Crippen LogP contribution is -2.46. The smallest absolute Gasteiger partial charge is 0.0555 e. The zero-order valence-electron chi connectivity index (χ0n) is 13.3. The summed E-state index contributed by atoms with van der Waals surface area (Å²) >= 11 is 0. The van der Waals surface area contributed by atoms with Crippen LogP contribution in [0.5, 0.6) is 0 Å². The topological polar surface area (TPSA) is 9.23 Å². The molecule has 4 rings (SSSR count). The highest BCUT2D eigenvalue weighted by atomic mass is 28.1. The number of rotatable bonds is 3. The lowest BCUT2D eigenvalue weighted by atomic mass is 9.72. The Morgan fingerprint density at radius 2 is 1.95 bits per heavy atom. The number of benzene rings is 1. The van der Waals surface area contributed by atoms with E-state index in [0.29, 0.717) is 5.92 Å². The van der Waals surface area contributed by atoms with Crippen molar-refractivity contribution in [2.24, 2.45) is 17.8 Å². The van der Waals surface area contributed by atoms with Crippen molar-refractivity contribution < 1.29 is 4.74 Å². The molecule has 1 aromatic rings. The molecule has 0 radical (unpaired) electrons. The quantitative estimate of drug-likeness (QED) is 0.777. The predicted molar refractivity (Wildman–Crippen MR) is 90.6 cm³/mol. The molecule has 5 unspecified atom stereocenters. The first-order valence-electron chi connectivity index (χ1n) is 8.95. The van der Waals surface area contributed by atoms with E-state index in [2.05, 4.69) is 30.3 Å². The summed E-state index contributed by atoms with van der Waals surface area (Å²) in [5, 5.41) is 0.203. The Balaban J connectivity index is 1.69. The second-order valence-corrected chi connectivity index (χ2v) is 9.54. The second-order valence-electron chi connectivity index (χ2n) is 7.85. The molecule has 3 fully saturated rings. The molecule has 1 heterocycles. The van der Waals surface area contributed by atoms with Gasteiger partial charge in [0.15, 0.2) is 0 Å². The number of ether oxygens (including phenoxy) is 1. The van der Waals surface area contributed by atoms with Gasteiger partial charge in [-0.15, -0.1) is 0 Å². The van der Waals surface area contributed by atoms with E-state index in [0.717, 1.165) is 24.4 Å². The van der Waals surface area contributed by atoms with Gasteiger partial charge >= 0.3 is 0 Å². The molecule has 3 aliphatic rings. The minimum absolute atomic E-state index is 0.203. The van der Waals surface area contributed by atoms with Crippen LogP contribution in [0, 0.1) is 17.8 Å². The van der Waals surface area contributed by atoms with Crippen LogP contribution in [0.15, 0.2) is 30.3 Å². The minimum atomic E-state index is 0.203. The van der Waals surface area contributed by atoms with Crippen molar-refractivity contribution in [1.29, 1.82) is 0 Å². The number of hydrogen-bond acceptors (Lipinski definition) is 1. The van der Waals surface area contributed by atoms with E-state index in [-0.39, 0.29) is 5.22 Å². The average Bonchev–Trinajstić information content (AvgIpc) is 3.12. The second kappa shape index (κ2) is 5.55. The van der Waals surface area contributed by atoms with E-state index in [9.17, 15) is 0 Å². The van der Waals surface area contributed by atoms with E-state index in [4.69, 9.17) is 4.74 Å². The molecule has 0 aromatic heterocycles. The molecule has 1 saturated heterocycles. The summed E-state index contributed by atoms with van der Waals surface area (Å²) in [4.78, 5) is 0. The van der Waals surface area contributed by atoms with Gasteiger partial charge in [-0.1, -0.05) is 36.8 Å². The molecule has 1 aromatic carbocycles. The van der Waals surface area contributed by atoms with Crippen LogP contribution in [0.4, 0.5) is 0 Å².